The van der Waals surface area contributed by atoms with Gasteiger partial charge in [-0.3, -0.25) is 4.79 Å². The minimum atomic E-state index is 0.136. The van der Waals surface area contributed by atoms with Crippen LogP contribution in [0.15, 0.2) is 12.3 Å². The minimum Gasteiger partial charge on any atom is -0.369 e. The molecule has 0 N–H and O–H groups in total. The molecule has 2 saturated heterocycles. The molecular formula is C11H16N2O2. The van der Waals surface area contributed by atoms with E-state index in [1.54, 1.807) is 11.8 Å². The van der Waals surface area contributed by atoms with Crippen molar-refractivity contribution in [2.45, 2.75) is 25.2 Å². The van der Waals surface area contributed by atoms with E-state index in [0.717, 1.165) is 13.1 Å². The molecule has 0 aromatic heterocycles. The van der Waals surface area contributed by atoms with E-state index in [1.807, 2.05) is 7.05 Å². The fourth-order valence-electron chi connectivity index (χ4n) is 2.97. The van der Waals surface area contributed by atoms with Crippen molar-refractivity contribution in [3.63, 3.8) is 0 Å². The normalized spacial score (nSPS) is 40.3. The Bertz CT molecular complexity index is 313. The van der Waals surface area contributed by atoms with Gasteiger partial charge in [0.25, 0.3) is 0 Å². The number of carbonyl (C=O) groups is 1. The van der Waals surface area contributed by atoms with Crippen molar-refractivity contribution in [3.8, 4) is 0 Å². The highest BCUT2D eigenvalue weighted by Gasteiger charge is 2.54. The molecule has 0 unspecified atom stereocenters. The molecule has 0 aromatic carbocycles. The summed E-state index contributed by atoms with van der Waals surface area (Å²) >= 11 is 0. The Morgan fingerprint density at radius 3 is 3.13 bits per heavy atom. The van der Waals surface area contributed by atoms with Crippen molar-refractivity contribution in [2.24, 2.45) is 5.92 Å². The topological polar surface area (TPSA) is 32.8 Å². The van der Waals surface area contributed by atoms with Crippen molar-refractivity contribution >= 4 is 5.91 Å². The quantitative estimate of drug-likeness (QED) is 0.643. The summed E-state index contributed by atoms with van der Waals surface area (Å²) in [6.45, 7) is 3.43. The van der Waals surface area contributed by atoms with Crippen LogP contribution in [0.4, 0.5) is 0 Å². The lowest BCUT2D eigenvalue weighted by Gasteiger charge is -2.25. The predicted octanol–water partition coefficient (Wildman–Crippen LogP) is 0.0598. The SMILES string of the molecule is CC(=O)N(C)C[C@H]1[C@H]2[C@@H]3C=CN2C[C@@H]1O3. The molecule has 0 aliphatic carbocycles. The van der Waals surface area contributed by atoms with Gasteiger partial charge in [-0.25, -0.2) is 0 Å². The van der Waals surface area contributed by atoms with E-state index < -0.39 is 0 Å². The van der Waals surface area contributed by atoms with E-state index in [1.165, 1.54) is 0 Å². The molecule has 15 heavy (non-hydrogen) atoms. The first kappa shape index (κ1) is 9.21. The maximum absolute atomic E-state index is 11.2. The Hall–Kier alpha value is -1.03. The van der Waals surface area contributed by atoms with Gasteiger partial charge in [-0.15, -0.1) is 0 Å². The van der Waals surface area contributed by atoms with E-state index in [9.17, 15) is 4.79 Å². The molecular weight excluding hydrogens is 192 g/mol. The number of nitrogens with zero attached hydrogens (tertiary/aromatic N) is 2. The summed E-state index contributed by atoms with van der Waals surface area (Å²) in [5.41, 5.74) is 0. The van der Waals surface area contributed by atoms with Crippen molar-refractivity contribution in [1.29, 1.82) is 0 Å². The zero-order valence-electron chi connectivity index (χ0n) is 9.09. The van der Waals surface area contributed by atoms with Gasteiger partial charge < -0.3 is 14.5 Å². The molecule has 0 saturated carbocycles. The average molecular weight is 208 g/mol. The number of amides is 1. The first-order valence-corrected chi connectivity index (χ1v) is 5.48. The van der Waals surface area contributed by atoms with Crippen LogP contribution in [0.5, 0.6) is 0 Å². The van der Waals surface area contributed by atoms with Crippen LogP contribution in [0, 0.1) is 5.92 Å². The summed E-state index contributed by atoms with van der Waals surface area (Å²) in [6, 6.07) is 0.483. The standard InChI is InChI=1S/C11H16N2O2/c1-7(14)12(2)5-8-10-6-13-4-3-9(15-10)11(8)13/h3-4,8-11H,5-6H2,1-2H3/t8-,9+,10+,11+/m1/s1. The predicted molar refractivity (Wildman–Crippen MR) is 55.1 cm³/mol. The molecule has 4 nitrogen and oxygen atoms in total. The number of carbonyl (C=O) groups excluding carboxylic acids is 1. The monoisotopic (exact) mass is 208 g/mol. The lowest BCUT2D eigenvalue weighted by atomic mass is 9.98. The van der Waals surface area contributed by atoms with Crippen LogP contribution >= 0.6 is 0 Å². The molecule has 0 spiro atoms. The second-order valence-corrected chi connectivity index (χ2v) is 4.73. The van der Waals surface area contributed by atoms with Crippen LogP contribution in [-0.4, -0.2) is 54.1 Å². The van der Waals surface area contributed by atoms with Gasteiger partial charge in [0.2, 0.25) is 5.91 Å². The zero-order valence-corrected chi connectivity index (χ0v) is 9.09. The van der Waals surface area contributed by atoms with Gasteiger partial charge in [-0.05, 0) is 12.3 Å². The molecule has 3 aliphatic rings. The highest BCUT2D eigenvalue weighted by Crippen LogP contribution is 2.42. The third-order valence-electron chi connectivity index (χ3n) is 3.85. The number of ether oxygens (including phenoxy) is 1. The molecule has 2 fully saturated rings. The zero-order chi connectivity index (χ0) is 10.6. The lowest BCUT2D eigenvalue weighted by molar-refractivity contribution is -0.128. The number of fused-ring (bicyclic) bond motifs is 1. The van der Waals surface area contributed by atoms with Gasteiger partial charge in [0.1, 0.15) is 0 Å². The molecule has 1 amide bonds. The Morgan fingerprint density at radius 1 is 1.67 bits per heavy atom. The number of rotatable bonds is 2. The maximum atomic E-state index is 11.2. The van der Waals surface area contributed by atoms with Gasteiger partial charge in [0.05, 0.1) is 18.2 Å². The van der Waals surface area contributed by atoms with E-state index in [2.05, 4.69) is 17.2 Å². The first-order valence-electron chi connectivity index (χ1n) is 5.48. The average Bonchev–Trinajstić information content (AvgIpc) is 2.74. The van der Waals surface area contributed by atoms with Crippen LogP contribution < -0.4 is 0 Å². The van der Waals surface area contributed by atoms with Crippen molar-refractivity contribution in [1.82, 2.24) is 9.80 Å². The fourth-order valence-corrected chi connectivity index (χ4v) is 2.97. The van der Waals surface area contributed by atoms with Crippen LogP contribution in [0.25, 0.3) is 0 Å². The van der Waals surface area contributed by atoms with E-state index in [0.29, 0.717) is 18.1 Å². The number of morpholine rings is 1. The Morgan fingerprint density at radius 2 is 2.47 bits per heavy atom. The molecule has 82 valence electrons. The molecule has 4 atom stereocenters. The van der Waals surface area contributed by atoms with Crippen LogP contribution in [-0.2, 0) is 9.53 Å². The molecule has 0 aromatic rings. The molecule has 2 bridgehead atoms. The Balaban J connectivity index is 1.73. The van der Waals surface area contributed by atoms with Crippen molar-refractivity contribution < 1.29 is 9.53 Å². The summed E-state index contributed by atoms with van der Waals surface area (Å²) in [5, 5.41) is 0. The van der Waals surface area contributed by atoms with Gasteiger partial charge in [-0.2, -0.15) is 0 Å². The second kappa shape index (κ2) is 2.98. The highest BCUT2D eigenvalue weighted by molar-refractivity contribution is 5.72. The van der Waals surface area contributed by atoms with Crippen LogP contribution in [0.1, 0.15) is 6.92 Å². The van der Waals surface area contributed by atoms with Crippen molar-refractivity contribution in [3.05, 3.63) is 12.3 Å². The van der Waals surface area contributed by atoms with E-state index >= 15 is 0 Å². The fraction of sp³-hybridized carbons (Fsp3) is 0.727. The summed E-state index contributed by atoms with van der Waals surface area (Å²) in [7, 11) is 1.87. The minimum absolute atomic E-state index is 0.136. The van der Waals surface area contributed by atoms with E-state index in [4.69, 9.17) is 4.74 Å². The van der Waals surface area contributed by atoms with Crippen LogP contribution in [0.3, 0.4) is 0 Å². The van der Waals surface area contributed by atoms with E-state index in [-0.39, 0.29) is 12.0 Å². The third kappa shape index (κ3) is 1.21. The summed E-state index contributed by atoms with van der Waals surface area (Å²) in [6.07, 6.45) is 4.87. The summed E-state index contributed by atoms with van der Waals surface area (Å²) in [5.74, 6) is 0.621. The molecule has 4 heteroatoms. The van der Waals surface area contributed by atoms with Crippen LogP contribution in [0.2, 0.25) is 0 Å². The Labute approximate surface area is 89.5 Å². The maximum Gasteiger partial charge on any atom is 0.219 e. The smallest absolute Gasteiger partial charge is 0.219 e. The summed E-state index contributed by atoms with van der Waals surface area (Å²) < 4.78 is 5.88. The molecule has 0 radical (unpaired) electrons. The summed E-state index contributed by atoms with van der Waals surface area (Å²) in [4.78, 5) is 15.4. The Kier molecular flexibility index (Phi) is 1.83. The largest absolute Gasteiger partial charge is 0.369 e. The van der Waals surface area contributed by atoms with Gasteiger partial charge in [0, 0.05) is 33.0 Å². The molecule has 3 rings (SSSR count). The first-order chi connectivity index (χ1) is 7.16. The highest BCUT2D eigenvalue weighted by atomic mass is 16.5. The number of hydrogen-bond acceptors (Lipinski definition) is 3. The van der Waals surface area contributed by atoms with Gasteiger partial charge in [-0.1, -0.05) is 0 Å². The van der Waals surface area contributed by atoms with Crippen molar-refractivity contribution in [2.75, 3.05) is 20.1 Å². The molecule has 3 aliphatic heterocycles. The van der Waals surface area contributed by atoms with Gasteiger partial charge in [0.15, 0.2) is 0 Å². The molecule has 3 heterocycles. The lowest BCUT2D eigenvalue weighted by Crippen LogP contribution is -2.37. The third-order valence-corrected chi connectivity index (χ3v) is 3.85. The number of hydrogen-bond donors (Lipinski definition) is 0. The van der Waals surface area contributed by atoms with Gasteiger partial charge >= 0.3 is 0 Å². The second-order valence-electron chi connectivity index (χ2n) is 4.73.